The molecule has 1 amide bonds. The fraction of sp³-hybridized carbons (Fsp3) is 0.462. The maximum Gasteiger partial charge on any atom is 0.224 e. The van der Waals surface area contributed by atoms with Gasteiger partial charge in [0.25, 0.3) is 0 Å². The molecule has 0 aromatic heterocycles. The van der Waals surface area contributed by atoms with Crippen LogP contribution >= 0.6 is 0 Å². The number of nitrogens with two attached hydrogens (primary N) is 1. The van der Waals surface area contributed by atoms with E-state index in [0.29, 0.717) is 6.42 Å². The molecule has 2 atom stereocenters. The Kier molecular flexibility index (Phi) is 2.97. The average molecular weight is 218 g/mol. The average Bonchev–Trinajstić information content (AvgIpc) is 2.54. The lowest BCUT2D eigenvalue weighted by molar-refractivity contribution is -0.127. The van der Waals surface area contributed by atoms with Crippen molar-refractivity contribution in [3.8, 4) is 0 Å². The van der Waals surface area contributed by atoms with Gasteiger partial charge in [-0.2, -0.15) is 0 Å². The summed E-state index contributed by atoms with van der Waals surface area (Å²) in [5, 5.41) is 0. The number of hydrogen-bond donors (Lipinski definition) is 1. The molecule has 0 aliphatic carbocycles. The quantitative estimate of drug-likeness (QED) is 0.817. The van der Waals surface area contributed by atoms with E-state index in [-0.39, 0.29) is 18.0 Å². The van der Waals surface area contributed by atoms with Crippen molar-refractivity contribution >= 4 is 5.91 Å². The molecule has 0 radical (unpaired) electrons. The van der Waals surface area contributed by atoms with E-state index in [1.165, 1.54) is 5.56 Å². The van der Waals surface area contributed by atoms with Gasteiger partial charge in [0, 0.05) is 19.5 Å². The molecule has 2 rings (SSSR count). The van der Waals surface area contributed by atoms with Crippen LogP contribution in [0.5, 0.6) is 0 Å². The molecule has 1 heterocycles. The van der Waals surface area contributed by atoms with E-state index in [9.17, 15) is 4.79 Å². The molecule has 1 aliphatic heterocycles. The number of nitrogens with zero attached hydrogens (tertiary/aromatic N) is 1. The number of amides is 1. The molecule has 86 valence electrons. The highest BCUT2D eigenvalue weighted by Gasteiger charge is 2.35. The Morgan fingerprint density at radius 2 is 2.00 bits per heavy atom. The summed E-state index contributed by atoms with van der Waals surface area (Å²) in [5.41, 5.74) is 8.45. The Labute approximate surface area is 96.2 Å². The zero-order valence-corrected chi connectivity index (χ0v) is 9.81. The highest BCUT2D eigenvalue weighted by Crippen LogP contribution is 2.30. The number of rotatable bonds is 2. The van der Waals surface area contributed by atoms with Gasteiger partial charge < -0.3 is 10.6 Å². The van der Waals surface area contributed by atoms with Crippen molar-refractivity contribution in [2.75, 3.05) is 7.05 Å². The van der Waals surface area contributed by atoms with Gasteiger partial charge in [-0.05, 0) is 17.5 Å². The first-order chi connectivity index (χ1) is 7.63. The molecule has 1 aromatic rings. The summed E-state index contributed by atoms with van der Waals surface area (Å²) in [6, 6.07) is 8.34. The van der Waals surface area contributed by atoms with Crippen molar-refractivity contribution < 1.29 is 4.79 Å². The Balaban J connectivity index is 2.26. The summed E-state index contributed by atoms with van der Waals surface area (Å²) >= 11 is 0. The van der Waals surface area contributed by atoms with E-state index in [1.54, 1.807) is 4.90 Å². The smallest absolute Gasteiger partial charge is 0.224 e. The van der Waals surface area contributed by atoms with Crippen LogP contribution < -0.4 is 5.73 Å². The van der Waals surface area contributed by atoms with Crippen LogP contribution in [0.25, 0.3) is 0 Å². The van der Waals surface area contributed by atoms with E-state index in [0.717, 1.165) is 12.0 Å². The molecular formula is C13H18N2O. The highest BCUT2D eigenvalue weighted by molar-refractivity contribution is 5.80. The Morgan fingerprint density at radius 1 is 1.38 bits per heavy atom. The highest BCUT2D eigenvalue weighted by atomic mass is 16.2. The van der Waals surface area contributed by atoms with Crippen LogP contribution in [0.4, 0.5) is 0 Å². The van der Waals surface area contributed by atoms with Gasteiger partial charge in [-0.1, -0.05) is 31.2 Å². The van der Waals surface area contributed by atoms with Gasteiger partial charge >= 0.3 is 0 Å². The predicted molar refractivity (Wildman–Crippen MR) is 63.9 cm³/mol. The number of hydrogen-bond acceptors (Lipinski definition) is 2. The molecule has 1 saturated heterocycles. The first-order valence-corrected chi connectivity index (χ1v) is 5.73. The minimum absolute atomic E-state index is 0.0402. The SMILES string of the molecule is CCc1ccc([C@@H]2[C@@H](N)CC(=O)N2C)cc1. The van der Waals surface area contributed by atoms with Gasteiger partial charge in [-0.25, -0.2) is 0 Å². The van der Waals surface area contributed by atoms with Crippen LogP contribution in [0.3, 0.4) is 0 Å². The van der Waals surface area contributed by atoms with Gasteiger partial charge in [0.2, 0.25) is 5.91 Å². The van der Waals surface area contributed by atoms with Crippen LogP contribution in [0.2, 0.25) is 0 Å². The van der Waals surface area contributed by atoms with Crippen molar-refractivity contribution in [3.63, 3.8) is 0 Å². The molecule has 0 bridgehead atoms. The maximum atomic E-state index is 11.5. The molecule has 3 nitrogen and oxygen atoms in total. The summed E-state index contributed by atoms with van der Waals surface area (Å²) < 4.78 is 0. The van der Waals surface area contributed by atoms with Crippen LogP contribution in [0, 0.1) is 0 Å². The molecule has 3 heteroatoms. The number of benzene rings is 1. The summed E-state index contributed by atoms with van der Waals surface area (Å²) in [6.07, 6.45) is 1.49. The summed E-state index contributed by atoms with van der Waals surface area (Å²) in [5.74, 6) is 0.136. The number of carbonyl (C=O) groups is 1. The Hall–Kier alpha value is -1.35. The predicted octanol–water partition coefficient (Wildman–Crippen LogP) is 1.48. The second-order valence-electron chi connectivity index (χ2n) is 4.41. The maximum absolute atomic E-state index is 11.5. The number of likely N-dealkylation sites (N-methyl/N-ethyl adjacent to an activating group) is 1. The van der Waals surface area contributed by atoms with Crippen molar-refractivity contribution in [1.29, 1.82) is 0 Å². The third-order valence-electron chi connectivity index (χ3n) is 3.36. The second-order valence-corrected chi connectivity index (χ2v) is 4.41. The summed E-state index contributed by atoms with van der Waals surface area (Å²) in [4.78, 5) is 13.3. The van der Waals surface area contributed by atoms with Gasteiger partial charge in [-0.3, -0.25) is 4.79 Å². The third kappa shape index (κ3) is 1.83. The third-order valence-corrected chi connectivity index (χ3v) is 3.36. The van der Waals surface area contributed by atoms with Gasteiger partial charge in [0.05, 0.1) is 6.04 Å². The van der Waals surface area contributed by atoms with Crippen LogP contribution in [-0.2, 0) is 11.2 Å². The molecule has 0 spiro atoms. The first-order valence-electron chi connectivity index (χ1n) is 5.73. The summed E-state index contributed by atoms with van der Waals surface area (Å²) in [6.45, 7) is 2.13. The van der Waals surface area contributed by atoms with E-state index in [1.807, 2.05) is 7.05 Å². The van der Waals surface area contributed by atoms with E-state index < -0.39 is 0 Å². The van der Waals surface area contributed by atoms with Crippen molar-refractivity contribution in [1.82, 2.24) is 4.90 Å². The summed E-state index contributed by atoms with van der Waals surface area (Å²) in [7, 11) is 1.83. The number of carbonyl (C=O) groups excluding carboxylic acids is 1. The minimum Gasteiger partial charge on any atom is -0.337 e. The number of aryl methyl sites for hydroxylation is 1. The number of likely N-dealkylation sites (tertiary alicyclic amines) is 1. The normalized spacial score (nSPS) is 25.2. The molecular weight excluding hydrogens is 200 g/mol. The Morgan fingerprint density at radius 3 is 2.44 bits per heavy atom. The molecule has 1 aliphatic rings. The van der Waals surface area contributed by atoms with Gasteiger partial charge in [0.1, 0.15) is 0 Å². The molecule has 0 saturated carbocycles. The molecule has 16 heavy (non-hydrogen) atoms. The first kappa shape index (κ1) is 11.1. The lowest BCUT2D eigenvalue weighted by Gasteiger charge is -2.23. The zero-order chi connectivity index (χ0) is 11.7. The fourth-order valence-corrected chi connectivity index (χ4v) is 2.32. The molecule has 1 aromatic carbocycles. The monoisotopic (exact) mass is 218 g/mol. The molecule has 1 fully saturated rings. The standard InChI is InChI=1S/C13H18N2O/c1-3-9-4-6-10(7-5-9)13-11(14)8-12(16)15(13)2/h4-7,11,13H,3,8,14H2,1-2H3/t11-,13+/m0/s1. The minimum atomic E-state index is -0.0787. The Bertz CT molecular complexity index is 385. The van der Waals surface area contributed by atoms with Crippen LogP contribution in [-0.4, -0.2) is 23.9 Å². The molecule has 0 unspecified atom stereocenters. The van der Waals surface area contributed by atoms with Crippen molar-refractivity contribution in [2.45, 2.75) is 31.8 Å². The topological polar surface area (TPSA) is 46.3 Å². The lowest BCUT2D eigenvalue weighted by Crippen LogP contribution is -2.30. The van der Waals surface area contributed by atoms with Gasteiger partial charge in [-0.15, -0.1) is 0 Å². The van der Waals surface area contributed by atoms with Crippen LogP contribution in [0.15, 0.2) is 24.3 Å². The zero-order valence-electron chi connectivity index (χ0n) is 9.81. The van der Waals surface area contributed by atoms with Crippen molar-refractivity contribution in [3.05, 3.63) is 35.4 Å². The van der Waals surface area contributed by atoms with Crippen molar-refractivity contribution in [2.24, 2.45) is 5.73 Å². The largest absolute Gasteiger partial charge is 0.337 e. The second kappa shape index (κ2) is 4.26. The molecule has 2 N–H and O–H groups in total. The van der Waals surface area contributed by atoms with E-state index in [2.05, 4.69) is 31.2 Å². The van der Waals surface area contributed by atoms with E-state index >= 15 is 0 Å². The lowest BCUT2D eigenvalue weighted by atomic mass is 9.99. The fourth-order valence-electron chi connectivity index (χ4n) is 2.32. The van der Waals surface area contributed by atoms with Gasteiger partial charge in [0.15, 0.2) is 0 Å². The van der Waals surface area contributed by atoms with Crippen LogP contribution in [0.1, 0.15) is 30.5 Å². The van der Waals surface area contributed by atoms with E-state index in [4.69, 9.17) is 5.73 Å².